The molecule has 0 spiro atoms. The number of rotatable bonds is 8. The van der Waals surface area contributed by atoms with Crippen molar-refractivity contribution in [3.63, 3.8) is 0 Å². The fourth-order valence-electron chi connectivity index (χ4n) is 21.4. The number of nitrogens with one attached hydrogen (secondary N) is 2. The summed E-state index contributed by atoms with van der Waals surface area (Å²) in [4.78, 5) is 77.9. The Kier molecular flexibility index (Phi) is 28.1. The monoisotopic (exact) mass is 2270 g/mol. The van der Waals surface area contributed by atoms with Gasteiger partial charge in [-0.25, -0.2) is 39.9 Å². The molecule has 0 saturated carbocycles. The van der Waals surface area contributed by atoms with Crippen LogP contribution >= 0.6 is 0 Å². The van der Waals surface area contributed by atoms with Gasteiger partial charge in [0.1, 0.15) is 0 Å². The van der Waals surface area contributed by atoms with E-state index in [-0.39, 0.29) is 42.1 Å². The van der Waals surface area contributed by atoms with Crippen LogP contribution in [-0.4, -0.2) is 59.8 Å². The smallest absolute Gasteiger partial charge is 0.657 e. The first-order valence-corrected chi connectivity index (χ1v) is 50.8. The predicted molar refractivity (Wildman–Crippen MR) is 595 cm³/mol. The van der Waals surface area contributed by atoms with Gasteiger partial charge in [-0.1, -0.05) is 296 Å². The summed E-state index contributed by atoms with van der Waals surface area (Å²) in [6, 6.07) is 108. The molecule has 36 bridgehead atoms. The van der Waals surface area contributed by atoms with Crippen molar-refractivity contribution in [2.75, 3.05) is 0 Å². The summed E-state index contributed by atoms with van der Waals surface area (Å²) >= 11 is 0. The van der Waals surface area contributed by atoms with Gasteiger partial charge in [-0.05, 0) is 251 Å². The van der Waals surface area contributed by atoms with Crippen LogP contribution in [0.2, 0.25) is 0 Å². The van der Waals surface area contributed by atoms with Crippen LogP contribution in [0.1, 0.15) is 168 Å². The molecule has 26 rings (SSSR count). The fourth-order valence-corrected chi connectivity index (χ4v) is 21.4. The molecule has 0 amide bonds. The van der Waals surface area contributed by atoms with E-state index in [9.17, 15) is 0 Å². The molecule has 20 heterocycles. The minimum absolute atomic E-state index is 0. The second kappa shape index (κ2) is 42.7. The van der Waals surface area contributed by atoms with Gasteiger partial charge in [-0.2, -0.15) is 0 Å². The zero-order chi connectivity index (χ0) is 98.1. The Hall–Kier alpha value is -16.1. The number of benzene rings is 6. The molecule has 16 nitrogen and oxygen atoms in total. The van der Waals surface area contributed by atoms with Gasteiger partial charge >= 0.3 is 42.1 Å². The van der Waals surface area contributed by atoms with E-state index in [2.05, 4.69) is 296 Å². The van der Waals surface area contributed by atoms with E-state index in [1.807, 2.05) is 121 Å². The molecule has 18 heteroatoms. The number of aromatic amines is 2. The topological polar surface area (TPSA) is 217 Å². The normalized spacial score (nSPS) is 12.5. The maximum Gasteiger partial charge on any atom is 2.00 e. The third-order valence-electron chi connectivity index (χ3n) is 28.3. The average Bonchev–Trinajstić information content (AvgIpc) is 1.73. The standard InChI is InChI=1S/C39H23N5.C33H31N5.C33H34N4.C24H18N2.2Pt/c1-2-14-29-28(13-1)34-19-24-9-7-11-26(40-24)21-36-30-15-3-5-17-32(30)38(43-36)23-39-33-18-6-4-16-31(33)37(44-39)22-27-12-8-10-25(41-27)20-35(29)42-34;1-5-21-22(6-2)31-19-32-23(7-3)24(8-4)33(38-32)29-17-11-16-28(36-29)27-15-10-14-26(35-27)25-13-9-12-20(34-25)18-30(21)37-31;1-5-24-26(7-3)30-19-31-27(8-4)25(6-2)29(37-31)18-16-23-14-12-21-10-9-20-11-13-22(15-17-28(24)36-30)34-32(20)33(21)35-23;1-5-17-13-19(7-1)20-8-2-6-18(14-20)16-22-10-4-12-24(26-22)23-11-3-9-21(15-17)25-23;;/h1-23H;9-19H,5-8H2,1-4H3;9-18,36-37H,5-8,19H2,1-4H3;1-14H,15-16H2;;/q2*-2;;;2*+2/b;;17-15-,18-16-;;;. The van der Waals surface area contributed by atoms with Crippen molar-refractivity contribution >= 4 is 124 Å². The molecule has 4 aliphatic rings. The van der Waals surface area contributed by atoms with Gasteiger partial charge in [-0.15, -0.1) is 44.2 Å². The van der Waals surface area contributed by atoms with Crippen molar-refractivity contribution in [2.24, 2.45) is 0 Å². The summed E-state index contributed by atoms with van der Waals surface area (Å²) in [7, 11) is 0. The third kappa shape index (κ3) is 19.8. The van der Waals surface area contributed by atoms with Gasteiger partial charge in [0.05, 0.1) is 95.7 Å². The molecule has 0 unspecified atom stereocenters. The molecule has 0 aliphatic carbocycles. The number of fused-ring (bicyclic) bond motifs is 48. The third-order valence-corrected chi connectivity index (χ3v) is 28.3. The van der Waals surface area contributed by atoms with Crippen LogP contribution in [0.25, 0.3) is 203 Å². The van der Waals surface area contributed by atoms with E-state index >= 15 is 0 Å². The second-order valence-corrected chi connectivity index (χ2v) is 37.3. The summed E-state index contributed by atoms with van der Waals surface area (Å²) in [6.07, 6.45) is 23.2. The molecule has 22 aromatic rings. The van der Waals surface area contributed by atoms with E-state index in [1.54, 1.807) is 0 Å². The molecule has 6 aromatic carbocycles. The molecule has 16 aromatic heterocycles. The number of H-pyrrole nitrogens is 2. The summed E-state index contributed by atoms with van der Waals surface area (Å²) in [5.74, 6) is 0. The molecule has 147 heavy (non-hydrogen) atoms. The van der Waals surface area contributed by atoms with Crippen LogP contribution in [0, 0.1) is 0 Å². The van der Waals surface area contributed by atoms with Gasteiger partial charge in [0.2, 0.25) is 0 Å². The summed E-state index contributed by atoms with van der Waals surface area (Å²) < 4.78 is 0. The Balaban J connectivity index is 0.000000116. The van der Waals surface area contributed by atoms with Gasteiger partial charge in [0.25, 0.3) is 0 Å². The first-order valence-electron chi connectivity index (χ1n) is 50.8. The van der Waals surface area contributed by atoms with Crippen molar-refractivity contribution < 1.29 is 42.1 Å². The van der Waals surface area contributed by atoms with Gasteiger partial charge < -0.3 is 29.9 Å². The van der Waals surface area contributed by atoms with Crippen molar-refractivity contribution in [1.29, 1.82) is 0 Å². The van der Waals surface area contributed by atoms with Crippen LogP contribution < -0.4 is 30.6 Å². The molecule has 2 N–H and O–H groups in total. The van der Waals surface area contributed by atoms with Crippen LogP contribution in [0.3, 0.4) is 0 Å². The zero-order valence-electron chi connectivity index (χ0n) is 83.2. The van der Waals surface area contributed by atoms with E-state index in [0.717, 1.165) is 271 Å². The zero-order valence-corrected chi connectivity index (χ0v) is 87.7. The Labute approximate surface area is 882 Å². The second-order valence-electron chi connectivity index (χ2n) is 37.3. The average molecular weight is 2270 g/mol. The molecule has 0 fully saturated rings. The summed E-state index contributed by atoms with van der Waals surface area (Å²) in [5, 5.41) is 8.52. The van der Waals surface area contributed by atoms with Crippen LogP contribution in [0.5, 0.6) is 0 Å². The minimum atomic E-state index is 0. The molecule has 0 atom stereocenters. The summed E-state index contributed by atoms with van der Waals surface area (Å²) in [6.45, 7) is 17.9. The Morgan fingerprint density at radius 2 is 0.633 bits per heavy atom. The number of hydrogen-bond acceptors (Lipinski definition) is 10. The predicted octanol–water partition coefficient (Wildman–Crippen LogP) is 27.4. The Bertz CT molecular complexity index is 8980. The summed E-state index contributed by atoms with van der Waals surface area (Å²) in [5.41, 5.74) is 46.4. The molecule has 0 saturated heterocycles. The molecular formula is C129H106N16Pt2. The first-order chi connectivity index (χ1) is 71.3. The number of nitrogens with zero attached hydrogens (tertiary/aromatic N) is 14. The first kappa shape index (κ1) is 97.0. The van der Waals surface area contributed by atoms with E-state index < -0.39 is 0 Å². The van der Waals surface area contributed by atoms with Gasteiger partial charge in [-0.3, -0.25) is 9.97 Å². The molecule has 0 radical (unpaired) electrons. The minimum Gasteiger partial charge on any atom is -0.657 e. The molecule has 4 aliphatic heterocycles. The maximum absolute atomic E-state index is 5.19. The molecular weight excluding hydrogens is 2160 g/mol. The van der Waals surface area contributed by atoms with Crippen molar-refractivity contribution in [1.82, 2.24) is 79.7 Å². The Morgan fingerprint density at radius 3 is 1.11 bits per heavy atom. The van der Waals surface area contributed by atoms with Crippen molar-refractivity contribution in [2.45, 2.75) is 126 Å². The molecule has 722 valence electrons. The number of aromatic nitrogens is 16. The quantitative estimate of drug-likeness (QED) is 0.135. The van der Waals surface area contributed by atoms with E-state index in [0.29, 0.717) is 0 Å². The SMILES string of the molecule is CCc1c2[n-]c(c1CC)-c1cccc(n1)-c1cccc(n1)-c1cccc(n1)C=c1[n-]c(c(CC)c1CC)=C2.CCc1c2[nH]c(c1CC)Cc1[nH]c(c(CC)c1CC)/C=C\c1ccc3ccc4ccc(nc4c3n1)/C=C\2.[Pt+2].[Pt+2].c1cc2cc(c1)-c1cccc(c1)Cc1cccc(n1)-c1cccc(n1)C2.c1ccc2c(c1)-c1cc3cccc(cc4[n-]c(cc5cccc(cc6[n-]c(cc-2n1)c1ccccc61)n5)c1ccccc41)n3. The number of hydrogen-bond donors (Lipinski definition) is 2. The van der Waals surface area contributed by atoms with Gasteiger partial charge in [0, 0.05) is 81.0 Å². The fraction of sp³-hybridized carbons (Fsp3) is 0.147. The Morgan fingerprint density at radius 1 is 0.252 bits per heavy atom. The van der Waals surface area contributed by atoms with Crippen LogP contribution in [-0.2, 0) is 113 Å². The van der Waals surface area contributed by atoms with E-state index in [4.69, 9.17) is 69.8 Å². The van der Waals surface area contributed by atoms with E-state index in [1.165, 1.54) is 89.5 Å². The van der Waals surface area contributed by atoms with Gasteiger partial charge in [0.15, 0.2) is 0 Å². The van der Waals surface area contributed by atoms with Crippen LogP contribution in [0.15, 0.2) is 315 Å². The number of pyridine rings is 9. The van der Waals surface area contributed by atoms with Crippen molar-refractivity contribution in [3.8, 4) is 79.2 Å². The largest absolute Gasteiger partial charge is 2.00 e. The van der Waals surface area contributed by atoms with Crippen LogP contribution in [0.4, 0.5) is 0 Å². The maximum atomic E-state index is 5.19. The van der Waals surface area contributed by atoms with Crippen molar-refractivity contribution in [3.05, 3.63) is 439 Å².